The second-order valence-corrected chi connectivity index (χ2v) is 4.06. The largest absolute Gasteiger partial charge is 0.493 e. The summed E-state index contributed by atoms with van der Waals surface area (Å²) in [5.41, 5.74) is 0.354. The first kappa shape index (κ1) is 13.1. The van der Waals surface area contributed by atoms with Crippen LogP contribution in [0.25, 0.3) is 0 Å². The maximum absolute atomic E-state index is 12.3. The summed E-state index contributed by atoms with van der Waals surface area (Å²) >= 11 is 0. The van der Waals surface area contributed by atoms with E-state index >= 15 is 0 Å². The first-order valence-electron chi connectivity index (χ1n) is 5.95. The topological polar surface area (TPSA) is 75.7 Å². The molecule has 0 aromatic heterocycles. The first-order valence-corrected chi connectivity index (χ1v) is 5.95. The standard InChI is InChI=1S/C13H14N2O4/c1-2-19-10-6-4-3-5-9(10)13(18)15-7-11(16)14-12(17)8-15/h3-6H,2,7-8H2,1H3,(H,14,16,17). The lowest BCUT2D eigenvalue weighted by Crippen LogP contribution is -2.53. The van der Waals surface area contributed by atoms with Crippen LogP contribution in [0.1, 0.15) is 17.3 Å². The van der Waals surface area contributed by atoms with E-state index in [9.17, 15) is 14.4 Å². The van der Waals surface area contributed by atoms with Crippen molar-refractivity contribution in [2.45, 2.75) is 6.92 Å². The smallest absolute Gasteiger partial charge is 0.258 e. The molecule has 2 rings (SSSR count). The molecular weight excluding hydrogens is 248 g/mol. The molecule has 19 heavy (non-hydrogen) atoms. The van der Waals surface area contributed by atoms with E-state index in [1.54, 1.807) is 24.3 Å². The quantitative estimate of drug-likeness (QED) is 0.789. The molecule has 1 aromatic carbocycles. The molecule has 3 amide bonds. The Labute approximate surface area is 110 Å². The number of imide groups is 1. The van der Waals surface area contributed by atoms with Gasteiger partial charge in [0.25, 0.3) is 5.91 Å². The third-order valence-electron chi connectivity index (χ3n) is 2.65. The molecule has 0 radical (unpaired) electrons. The van der Waals surface area contributed by atoms with Crippen LogP contribution in [0.2, 0.25) is 0 Å². The van der Waals surface area contributed by atoms with E-state index in [-0.39, 0.29) is 19.0 Å². The Balaban J connectivity index is 2.24. The molecule has 1 fully saturated rings. The van der Waals surface area contributed by atoms with Gasteiger partial charge in [-0.15, -0.1) is 0 Å². The number of amides is 3. The fourth-order valence-corrected chi connectivity index (χ4v) is 1.88. The Hall–Kier alpha value is -2.37. The Kier molecular flexibility index (Phi) is 3.79. The van der Waals surface area contributed by atoms with Gasteiger partial charge in [-0.25, -0.2) is 0 Å². The van der Waals surface area contributed by atoms with Crippen molar-refractivity contribution in [1.82, 2.24) is 10.2 Å². The minimum Gasteiger partial charge on any atom is -0.493 e. The van der Waals surface area contributed by atoms with Crippen LogP contribution in [0.3, 0.4) is 0 Å². The average Bonchev–Trinajstić information content (AvgIpc) is 2.38. The van der Waals surface area contributed by atoms with Gasteiger partial charge in [0.05, 0.1) is 12.2 Å². The van der Waals surface area contributed by atoms with Crippen molar-refractivity contribution in [1.29, 1.82) is 0 Å². The molecule has 1 aromatic rings. The number of carbonyl (C=O) groups is 3. The van der Waals surface area contributed by atoms with Crippen LogP contribution in [0.5, 0.6) is 5.75 Å². The van der Waals surface area contributed by atoms with Gasteiger partial charge in [0, 0.05) is 0 Å². The second kappa shape index (κ2) is 5.51. The number of nitrogens with one attached hydrogen (secondary N) is 1. The van der Waals surface area contributed by atoms with Gasteiger partial charge in [-0.3, -0.25) is 19.7 Å². The van der Waals surface area contributed by atoms with Crippen LogP contribution in [0, 0.1) is 0 Å². The molecule has 1 heterocycles. The molecule has 0 unspecified atom stereocenters. The predicted octanol–water partition coefficient (Wildman–Crippen LogP) is 0.184. The normalized spacial score (nSPS) is 15.1. The molecule has 0 spiro atoms. The van der Waals surface area contributed by atoms with E-state index < -0.39 is 11.8 Å². The van der Waals surface area contributed by atoms with E-state index in [0.29, 0.717) is 17.9 Å². The third-order valence-corrected chi connectivity index (χ3v) is 2.65. The van der Waals surface area contributed by atoms with Gasteiger partial charge in [-0.2, -0.15) is 0 Å². The molecule has 0 atom stereocenters. The van der Waals surface area contributed by atoms with Crippen LogP contribution >= 0.6 is 0 Å². The van der Waals surface area contributed by atoms with Crippen molar-refractivity contribution in [3.05, 3.63) is 29.8 Å². The average molecular weight is 262 g/mol. The molecule has 0 saturated carbocycles. The number of benzene rings is 1. The summed E-state index contributed by atoms with van der Waals surface area (Å²) in [4.78, 5) is 36.1. The minimum absolute atomic E-state index is 0.120. The van der Waals surface area contributed by atoms with Gasteiger partial charge in [0.2, 0.25) is 11.8 Å². The second-order valence-electron chi connectivity index (χ2n) is 4.06. The van der Waals surface area contributed by atoms with Gasteiger partial charge in [-0.05, 0) is 19.1 Å². The van der Waals surface area contributed by atoms with Crippen LogP contribution in [0.4, 0.5) is 0 Å². The summed E-state index contributed by atoms with van der Waals surface area (Å²) in [5, 5.41) is 2.15. The number of nitrogens with zero attached hydrogens (tertiary/aromatic N) is 1. The maximum atomic E-state index is 12.3. The Morgan fingerprint density at radius 2 is 1.89 bits per heavy atom. The molecule has 0 aliphatic carbocycles. The first-order chi connectivity index (χ1) is 9.11. The minimum atomic E-state index is -0.474. The zero-order valence-electron chi connectivity index (χ0n) is 10.5. The van der Waals surface area contributed by atoms with Gasteiger partial charge in [0.1, 0.15) is 18.8 Å². The number of hydrogen-bond acceptors (Lipinski definition) is 4. The summed E-state index contributed by atoms with van der Waals surface area (Å²) in [5.74, 6) is -0.877. The number of rotatable bonds is 3. The summed E-state index contributed by atoms with van der Waals surface area (Å²) in [6.45, 7) is 2.01. The molecule has 1 N–H and O–H groups in total. The lowest BCUT2D eigenvalue weighted by Gasteiger charge is -2.26. The van der Waals surface area contributed by atoms with E-state index in [1.165, 1.54) is 4.90 Å². The zero-order valence-corrected chi connectivity index (χ0v) is 10.5. The molecule has 1 aliphatic rings. The Morgan fingerprint density at radius 3 is 2.53 bits per heavy atom. The SMILES string of the molecule is CCOc1ccccc1C(=O)N1CC(=O)NC(=O)C1. The maximum Gasteiger partial charge on any atom is 0.258 e. The number of para-hydroxylation sites is 1. The van der Waals surface area contributed by atoms with Crippen molar-refractivity contribution >= 4 is 17.7 Å². The monoisotopic (exact) mass is 262 g/mol. The summed E-state index contributed by atoms with van der Waals surface area (Å²) in [7, 11) is 0. The fraction of sp³-hybridized carbons (Fsp3) is 0.308. The predicted molar refractivity (Wildman–Crippen MR) is 66.7 cm³/mol. The lowest BCUT2D eigenvalue weighted by atomic mass is 10.1. The van der Waals surface area contributed by atoms with Crippen molar-refractivity contribution in [2.75, 3.05) is 19.7 Å². The molecule has 1 saturated heterocycles. The molecule has 1 aliphatic heterocycles. The fourth-order valence-electron chi connectivity index (χ4n) is 1.88. The van der Waals surface area contributed by atoms with E-state index in [1.807, 2.05) is 6.92 Å². The van der Waals surface area contributed by atoms with Gasteiger partial charge in [-0.1, -0.05) is 12.1 Å². The summed E-state index contributed by atoms with van der Waals surface area (Å²) in [6.07, 6.45) is 0. The summed E-state index contributed by atoms with van der Waals surface area (Å²) in [6, 6.07) is 6.77. The molecule has 100 valence electrons. The molecule has 0 bridgehead atoms. The number of ether oxygens (including phenoxy) is 1. The highest BCUT2D eigenvalue weighted by Gasteiger charge is 2.28. The Bertz CT molecular complexity index is 511. The highest BCUT2D eigenvalue weighted by molar-refractivity contribution is 6.06. The molecule has 6 nitrogen and oxygen atoms in total. The van der Waals surface area contributed by atoms with Crippen LogP contribution in [-0.4, -0.2) is 42.3 Å². The van der Waals surface area contributed by atoms with Crippen LogP contribution in [0.15, 0.2) is 24.3 Å². The number of hydrogen-bond donors (Lipinski definition) is 1. The van der Waals surface area contributed by atoms with Crippen LogP contribution in [-0.2, 0) is 9.59 Å². The lowest BCUT2D eigenvalue weighted by molar-refractivity contribution is -0.135. The third kappa shape index (κ3) is 2.90. The van der Waals surface area contributed by atoms with Gasteiger partial charge in [0.15, 0.2) is 0 Å². The van der Waals surface area contributed by atoms with E-state index in [2.05, 4.69) is 5.32 Å². The molecular formula is C13H14N2O4. The number of carbonyl (C=O) groups excluding carboxylic acids is 3. The summed E-state index contributed by atoms with van der Waals surface area (Å²) < 4.78 is 5.37. The van der Waals surface area contributed by atoms with Gasteiger partial charge < -0.3 is 9.64 Å². The van der Waals surface area contributed by atoms with Crippen molar-refractivity contribution < 1.29 is 19.1 Å². The van der Waals surface area contributed by atoms with E-state index in [4.69, 9.17) is 4.74 Å². The number of piperazine rings is 1. The van der Waals surface area contributed by atoms with Crippen LogP contribution < -0.4 is 10.1 Å². The Morgan fingerprint density at radius 1 is 1.26 bits per heavy atom. The van der Waals surface area contributed by atoms with Crippen molar-refractivity contribution in [3.8, 4) is 5.75 Å². The molecule has 6 heteroatoms. The highest BCUT2D eigenvalue weighted by Crippen LogP contribution is 2.20. The van der Waals surface area contributed by atoms with Gasteiger partial charge >= 0.3 is 0 Å². The van der Waals surface area contributed by atoms with Crippen molar-refractivity contribution in [3.63, 3.8) is 0 Å². The highest BCUT2D eigenvalue weighted by atomic mass is 16.5. The zero-order chi connectivity index (χ0) is 13.8. The van der Waals surface area contributed by atoms with Crippen molar-refractivity contribution in [2.24, 2.45) is 0 Å². The van der Waals surface area contributed by atoms with E-state index in [0.717, 1.165) is 0 Å².